The van der Waals surface area contributed by atoms with E-state index in [1.165, 1.54) is 88.3 Å². The van der Waals surface area contributed by atoms with E-state index in [0.29, 0.717) is 0 Å². The van der Waals surface area contributed by atoms with Crippen molar-refractivity contribution in [2.45, 2.75) is 68.5 Å². The van der Waals surface area contributed by atoms with Gasteiger partial charge in [-0.25, -0.2) is 0 Å². The molecule has 0 N–H and O–H groups in total. The van der Waals surface area contributed by atoms with E-state index in [2.05, 4.69) is 153 Å². The Morgan fingerprint density at radius 1 is 0.477 bits per heavy atom. The number of hydrogen-bond acceptors (Lipinski definition) is 0. The van der Waals surface area contributed by atoms with E-state index in [-0.39, 0.29) is 0 Å². The molecule has 0 amide bonds. The minimum absolute atomic E-state index is 0.826. The Morgan fingerprint density at radius 2 is 0.795 bits per heavy atom. The number of halogens is 2. The second kappa shape index (κ2) is 16.9. The van der Waals surface area contributed by atoms with Crippen LogP contribution >= 0.6 is 17.0 Å². The van der Waals surface area contributed by atoms with Crippen molar-refractivity contribution in [2.24, 2.45) is 0 Å². The van der Waals surface area contributed by atoms with E-state index >= 15 is 0 Å². The minimum atomic E-state index is -0.826. The van der Waals surface area contributed by atoms with E-state index in [4.69, 9.17) is 17.0 Å². The van der Waals surface area contributed by atoms with Crippen molar-refractivity contribution in [2.75, 3.05) is 0 Å². The first-order valence-electron chi connectivity index (χ1n) is 15.0. The SMILES string of the molecule is C[Si]C.Cc1cc2c(-c3cc(C)c(C)cc3C)cccc2[cH-]1.Cc1cc2c(-c3cc(C)c(C)cc3C)cccc2[cH-]1.[Cl][Zr+2][Cl]. The summed E-state index contributed by atoms with van der Waals surface area (Å²) in [6.45, 7) is 21.8. The molecule has 0 nitrogen and oxygen atoms in total. The van der Waals surface area contributed by atoms with Crippen molar-refractivity contribution < 1.29 is 20.8 Å². The number of rotatable bonds is 2. The Balaban J connectivity index is 0.000000204. The summed E-state index contributed by atoms with van der Waals surface area (Å²) in [5, 5.41) is 5.41. The summed E-state index contributed by atoms with van der Waals surface area (Å²) in [6, 6.07) is 31.5. The number of aryl methyl sites for hydroxylation is 8. The third-order valence-electron chi connectivity index (χ3n) is 8.05. The first-order valence-corrected chi connectivity index (χ1v) is 23.3. The van der Waals surface area contributed by atoms with Gasteiger partial charge in [-0.2, -0.15) is 12.1 Å². The fourth-order valence-electron chi connectivity index (χ4n) is 5.74. The van der Waals surface area contributed by atoms with Gasteiger partial charge in [-0.05, 0) is 86.1 Å². The van der Waals surface area contributed by atoms with Gasteiger partial charge in [0.1, 0.15) is 0 Å². The molecule has 6 rings (SSSR count). The summed E-state index contributed by atoms with van der Waals surface area (Å²) in [6.07, 6.45) is 0. The summed E-state index contributed by atoms with van der Waals surface area (Å²) < 4.78 is 0. The van der Waals surface area contributed by atoms with E-state index in [1.54, 1.807) is 0 Å². The van der Waals surface area contributed by atoms with Crippen LogP contribution in [0.5, 0.6) is 0 Å². The van der Waals surface area contributed by atoms with Crippen molar-refractivity contribution in [3.8, 4) is 22.3 Å². The van der Waals surface area contributed by atoms with Crippen molar-refractivity contribution >= 4 is 48.1 Å². The van der Waals surface area contributed by atoms with Gasteiger partial charge in [0.2, 0.25) is 0 Å². The Bertz CT molecular complexity index is 1700. The fourth-order valence-corrected chi connectivity index (χ4v) is 5.74. The molecular weight excluding hydrogens is 671 g/mol. The molecule has 4 heteroatoms. The molecule has 0 aromatic heterocycles. The van der Waals surface area contributed by atoms with Crippen molar-refractivity contribution in [3.05, 3.63) is 129 Å². The molecule has 0 bridgehead atoms. The molecule has 0 atom stereocenters. The van der Waals surface area contributed by atoms with Crippen molar-refractivity contribution in [3.63, 3.8) is 0 Å². The Labute approximate surface area is 287 Å². The van der Waals surface area contributed by atoms with Crippen LogP contribution in [0.1, 0.15) is 44.5 Å². The van der Waals surface area contributed by atoms with Crippen LogP contribution in [-0.4, -0.2) is 9.52 Å². The van der Waals surface area contributed by atoms with Crippen molar-refractivity contribution in [1.29, 1.82) is 0 Å². The molecule has 0 aliphatic rings. The molecule has 6 aromatic rings. The quantitative estimate of drug-likeness (QED) is 0.124. The second-order valence-electron chi connectivity index (χ2n) is 11.8. The van der Waals surface area contributed by atoms with Crippen LogP contribution in [0.2, 0.25) is 13.1 Å². The maximum absolute atomic E-state index is 4.93. The third kappa shape index (κ3) is 8.95. The summed E-state index contributed by atoms with van der Waals surface area (Å²) in [5.74, 6) is 0. The molecule has 2 radical (unpaired) electrons. The summed E-state index contributed by atoms with van der Waals surface area (Å²) in [7, 11) is 11.0. The molecule has 0 saturated carbocycles. The zero-order chi connectivity index (χ0) is 32.6. The molecule has 0 unspecified atom stereocenters. The summed E-state index contributed by atoms with van der Waals surface area (Å²) >= 11 is -0.826. The molecular formula is C40H44Cl2SiZr. The number of fused-ring (bicyclic) bond motifs is 2. The van der Waals surface area contributed by atoms with Crippen LogP contribution in [0.25, 0.3) is 43.8 Å². The van der Waals surface area contributed by atoms with E-state index < -0.39 is 20.8 Å². The molecule has 0 fully saturated rings. The van der Waals surface area contributed by atoms with Gasteiger partial charge in [0, 0.05) is 9.52 Å². The summed E-state index contributed by atoms with van der Waals surface area (Å²) in [4.78, 5) is 0. The molecule has 44 heavy (non-hydrogen) atoms. The molecule has 0 aliphatic heterocycles. The van der Waals surface area contributed by atoms with Crippen molar-refractivity contribution in [1.82, 2.24) is 0 Å². The monoisotopic (exact) mass is 712 g/mol. The topological polar surface area (TPSA) is 0 Å². The Morgan fingerprint density at radius 3 is 1.14 bits per heavy atom. The van der Waals surface area contributed by atoms with Gasteiger partial charge >= 0.3 is 37.9 Å². The maximum atomic E-state index is 4.93. The van der Waals surface area contributed by atoms with Gasteiger partial charge < -0.3 is 0 Å². The van der Waals surface area contributed by atoms with Gasteiger partial charge in [0.05, 0.1) is 0 Å². The van der Waals surface area contributed by atoms with Crippen LogP contribution in [0, 0.1) is 55.4 Å². The van der Waals surface area contributed by atoms with Gasteiger partial charge in [0.15, 0.2) is 0 Å². The summed E-state index contributed by atoms with van der Waals surface area (Å²) in [5.41, 5.74) is 16.3. The van der Waals surface area contributed by atoms with Gasteiger partial charge in [-0.15, -0.1) is 69.1 Å². The van der Waals surface area contributed by atoms with Crippen LogP contribution in [0.3, 0.4) is 0 Å². The molecule has 6 aromatic carbocycles. The van der Waals surface area contributed by atoms with Crippen LogP contribution in [-0.2, 0) is 20.8 Å². The van der Waals surface area contributed by atoms with E-state index in [0.717, 1.165) is 9.52 Å². The first kappa shape index (κ1) is 36.3. The van der Waals surface area contributed by atoms with E-state index in [9.17, 15) is 0 Å². The Hall–Kier alpha value is -2.22. The van der Waals surface area contributed by atoms with Crippen LogP contribution < -0.4 is 0 Å². The third-order valence-corrected chi connectivity index (χ3v) is 8.05. The molecule has 0 saturated heterocycles. The number of hydrogen-bond donors (Lipinski definition) is 0. The number of benzene rings is 4. The van der Waals surface area contributed by atoms with Gasteiger partial charge in [-0.3, -0.25) is 0 Å². The van der Waals surface area contributed by atoms with Crippen LogP contribution in [0.15, 0.2) is 84.9 Å². The standard InChI is InChI=1S/2C19H19.C2H6Si.2ClH.Zr/c2*1-12-8-16-6-5-7-17(19(16)9-12)18-11-14(3)13(2)10-15(18)4;1-3-2;;;/h2*5-11H,1-4H3;1-2H3;2*1H;/q2*-1;;;;+4/p-2. The van der Waals surface area contributed by atoms with Crippen LogP contribution in [0.4, 0.5) is 0 Å². The molecule has 0 spiro atoms. The predicted octanol–water partition coefficient (Wildman–Crippen LogP) is 13.1. The predicted molar refractivity (Wildman–Crippen MR) is 197 cm³/mol. The second-order valence-corrected chi connectivity index (χ2v) is 16.5. The molecule has 0 aliphatic carbocycles. The van der Waals surface area contributed by atoms with E-state index in [1.807, 2.05) is 0 Å². The zero-order valence-corrected chi connectivity index (χ0v) is 32.8. The average Bonchev–Trinajstić information content (AvgIpc) is 3.55. The first-order chi connectivity index (χ1) is 20.9. The zero-order valence-electron chi connectivity index (χ0n) is 27.8. The Kier molecular flexibility index (Phi) is 13.9. The molecule has 226 valence electrons. The van der Waals surface area contributed by atoms with Gasteiger partial charge in [0.25, 0.3) is 0 Å². The molecule has 0 heterocycles. The fraction of sp³-hybridized carbons (Fsp3) is 0.250. The average molecular weight is 715 g/mol. The normalized spacial score (nSPS) is 10.3. The van der Waals surface area contributed by atoms with Gasteiger partial charge in [-0.1, -0.05) is 74.5 Å².